The molecule has 0 bridgehead atoms. The van der Waals surface area contributed by atoms with Crippen LogP contribution < -0.4 is 4.74 Å². The maximum absolute atomic E-state index is 13.6. The Morgan fingerprint density at radius 1 is 0.974 bits per heavy atom. The number of carbonyl (C=O) groups excluding carboxylic acids is 2. The quantitative estimate of drug-likeness (QED) is 0.159. The Morgan fingerprint density at radius 3 is 2.41 bits per heavy atom. The molecular weight excluding hydrogens is 493 g/mol. The summed E-state index contributed by atoms with van der Waals surface area (Å²) in [7, 11) is 0. The number of amides is 1. The van der Waals surface area contributed by atoms with Crippen LogP contribution in [0.15, 0.2) is 90.5 Å². The van der Waals surface area contributed by atoms with Gasteiger partial charge in [-0.05, 0) is 70.6 Å². The Morgan fingerprint density at radius 2 is 1.69 bits per heavy atom. The van der Waals surface area contributed by atoms with Gasteiger partial charge in [-0.15, -0.1) is 0 Å². The standard InChI is InChI=1S/C33H30FNO4/c1-4-39-28-17-14-23(18-27(28)20(2)3)31(36)29-30(26-11-7-9-22-8-5-6-10-25(22)26)35(33(38)32(29)37)19-21-12-15-24(34)16-13-21/h5-18,20,30,36H,4,19H2,1-3H3/b31-29+. The number of nitrogens with zero attached hydrogens (tertiary/aromatic N) is 1. The number of benzene rings is 4. The predicted molar refractivity (Wildman–Crippen MR) is 150 cm³/mol. The van der Waals surface area contributed by atoms with E-state index in [-0.39, 0.29) is 29.6 Å². The van der Waals surface area contributed by atoms with E-state index in [9.17, 15) is 19.1 Å². The van der Waals surface area contributed by atoms with Crippen LogP contribution in [0.4, 0.5) is 4.39 Å². The number of hydrogen-bond acceptors (Lipinski definition) is 4. The second-order valence-electron chi connectivity index (χ2n) is 9.96. The topological polar surface area (TPSA) is 66.8 Å². The Balaban J connectivity index is 1.71. The Bertz CT molecular complexity index is 1580. The summed E-state index contributed by atoms with van der Waals surface area (Å²) in [5.74, 6) is -1.28. The number of aliphatic hydroxyl groups excluding tert-OH is 1. The van der Waals surface area contributed by atoms with E-state index in [0.717, 1.165) is 21.9 Å². The lowest BCUT2D eigenvalue weighted by Gasteiger charge is -2.26. The van der Waals surface area contributed by atoms with Crippen LogP contribution in [0.3, 0.4) is 0 Å². The maximum atomic E-state index is 13.6. The number of Topliss-reactive ketones (excluding diaryl/α,β-unsaturated/α-hetero) is 1. The average molecular weight is 524 g/mol. The van der Waals surface area contributed by atoms with Crippen LogP contribution in [0.25, 0.3) is 16.5 Å². The Hall–Kier alpha value is -4.45. The van der Waals surface area contributed by atoms with Crippen molar-refractivity contribution in [1.29, 1.82) is 0 Å². The highest BCUT2D eigenvalue weighted by Gasteiger charge is 2.46. The van der Waals surface area contributed by atoms with Crippen molar-refractivity contribution in [3.63, 3.8) is 0 Å². The molecule has 0 saturated carbocycles. The highest BCUT2D eigenvalue weighted by Crippen LogP contribution is 2.43. The van der Waals surface area contributed by atoms with Crippen molar-refractivity contribution in [1.82, 2.24) is 4.90 Å². The van der Waals surface area contributed by atoms with Gasteiger partial charge in [-0.1, -0.05) is 68.4 Å². The fourth-order valence-corrected chi connectivity index (χ4v) is 5.23. The van der Waals surface area contributed by atoms with Crippen LogP contribution >= 0.6 is 0 Å². The summed E-state index contributed by atoms with van der Waals surface area (Å²) in [6.45, 7) is 6.54. The highest BCUT2D eigenvalue weighted by molar-refractivity contribution is 6.46. The first-order valence-corrected chi connectivity index (χ1v) is 13.1. The maximum Gasteiger partial charge on any atom is 0.295 e. The van der Waals surface area contributed by atoms with Crippen LogP contribution in [-0.2, 0) is 16.1 Å². The van der Waals surface area contributed by atoms with E-state index in [4.69, 9.17) is 4.74 Å². The van der Waals surface area contributed by atoms with Gasteiger partial charge in [0.05, 0.1) is 18.2 Å². The molecule has 5 nitrogen and oxygen atoms in total. The normalized spacial score (nSPS) is 16.8. The van der Waals surface area contributed by atoms with Crippen molar-refractivity contribution in [2.45, 2.75) is 39.3 Å². The van der Waals surface area contributed by atoms with Gasteiger partial charge in [0.25, 0.3) is 11.7 Å². The molecular formula is C33H30FNO4. The van der Waals surface area contributed by atoms with Crippen LogP contribution in [0.5, 0.6) is 5.75 Å². The smallest absolute Gasteiger partial charge is 0.295 e. The van der Waals surface area contributed by atoms with Gasteiger partial charge in [0, 0.05) is 12.1 Å². The summed E-state index contributed by atoms with van der Waals surface area (Å²) in [6, 6.07) is 23.8. The molecule has 1 fully saturated rings. The van der Waals surface area contributed by atoms with Gasteiger partial charge >= 0.3 is 0 Å². The minimum Gasteiger partial charge on any atom is -0.507 e. The molecule has 4 aromatic carbocycles. The molecule has 0 aliphatic carbocycles. The van der Waals surface area contributed by atoms with Crippen LogP contribution in [0.2, 0.25) is 0 Å². The van der Waals surface area contributed by atoms with Crippen molar-refractivity contribution in [2.24, 2.45) is 0 Å². The molecule has 4 aromatic rings. The molecule has 1 N–H and O–H groups in total. The molecule has 198 valence electrons. The number of ketones is 1. The van der Waals surface area contributed by atoms with Gasteiger partial charge in [-0.2, -0.15) is 0 Å². The summed E-state index contributed by atoms with van der Waals surface area (Å²) < 4.78 is 19.4. The third-order valence-electron chi connectivity index (χ3n) is 7.13. The lowest BCUT2D eigenvalue weighted by Crippen LogP contribution is -2.29. The fourth-order valence-electron chi connectivity index (χ4n) is 5.23. The van der Waals surface area contributed by atoms with Crippen molar-refractivity contribution >= 4 is 28.2 Å². The zero-order valence-corrected chi connectivity index (χ0v) is 22.1. The number of rotatable bonds is 7. The summed E-state index contributed by atoms with van der Waals surface area (Å²) >= 11 is 0. The number of hydrogen-bond donors (Lipinski definition) is 1. The van der Waals surface area contributed by atoms with E-state index in [1.54, 1.807) is 24.3 Å². The molecule has 1 amide bonds. The largest absolute Gasteiger partial charge is 0.507 e. The van der Waals surface area contributed by atoms with Gasteiger partial charge in [0.15, 0.2) is 0 Å². The SMILES string of the molecule is CCOc1ccc(/C(O)=C2\C(=O)C(=O)N(Cc3ccc(F)cc3)C2c2cccc3ccccc23)cc1C(C)C. The third kappa shape index (κ3) is 4.90. The zero-order chi connectivity index (χ0) is 27.7. The summed E-state index contributed by atoms with van der Waals surface area (Å²) in [4.78, 5) is 28.5. The van der Waals surface area contributed by atoms with Gasteiger partial charge < -0.3 is 14.7 Å². The minimum atomic E-state index is -0.838. The molecule has 1 aliphatic heterocycles. The average Bonchev–Trinajstić information content (AvgIpc) is 3.18. The van der Waals surface area contributed by atoms with Gasteiger partial charge in [0.2, 0.25) is 0 Å². The first kappa shape index (κ1) is 26.2. The second kappa shape index (κ2) is 10.7. The van der Waals surface area contributed by atoms with Gasteiger partial charge in [0.1, 0.15) is 17.3 Å². The summed E-state index contributed by atoms with van der Waals surface area (Å²) in [5, 5.41) is 13.5. The zero-order valence-electron chi connectivity index (χ0n) is 22.1. The number of fused-ring (bicyclic) bond motifs is 1. The van der Waals surface area contributed by atoms with E-state index in [0.29, 0.717) is 23.5 Å². The predicted octanol–water partition coefficient (Wildman–Crippen LogP) is 7.12. The van der Waals surface area contributed by atoms with Crippen molar-refractivity contribution in [2.75, 3.05) is 6.61 Å². The molecule has 0 aromatic heterocycles. The number of ether oxygens (including phenoxy) is 1. The van der Waals surface area contributed by atoms with Crippen molar-refractivity contribution in [3.05, 3.63) is 119 Å². The molecule has 1 aliphatic rings. The highest BCUT2D eigenvalue weighted by atomic mass is 19.1. The number of carbonyl (C=O) groups is 2. The van der Waals surface area contributed by atoms with Crippen molar-refractivity contribution < 1.29 is 23.8 Å². The van der Waals surface area contributed by atoms with Gasteiger partial charge in [-0.25, -0.2) is 4.39 Å². The molecule has 1 saturated heterocycles. The molecule has 6 heteroatoms. The fraction of sp³-hybridized carbons (Fsp3) is 0.212. The molecule has 39 heavy (non-hydrogen) atoms. The number of aliphatic hydroxyl groups is 1. The summed E-state index contributed by atoms with van der Waals surface area (Å²) in [6.07, 6.45) is 0. The van der Waals surface area contributed by atoms with Crippen LogP contribution in [-0.4, -0.2) is 28.3 Å². The molecule has 1 heterocycles. The molecule has 1 atom stereocenters. The second-order valence-corrected chi connectivity index (χ2v) is 9.96. The van der Waals surface area contributed by atoms with Crippen molar-refractivity contribution in [3.8, 4) is 5.75 Å². The number of halogens is 1. The lowest BCUT2D eigenvalue weighted by molar-refractivity contribution is -0.140. The Labute approximate surface area is 227 Å². The number of likely N-dealkylation sites (tertiary alicyclic amines) is 1. The third-order valence-corrected chi connectivity index (χ3v) is 7.13. The Kier molecular flexibility index (Phi) is 7.20. The molecule has 0 spiro atoms. The molecule has 0 radical (unpaired) electrons. The van der Waals surface area contributed by atoms with E-state index >= 15 is 0 Å². The van der Waals surface area contributed by atoms with Crippen LogP contribution in [0, 0.1) is 5.82 Å². The van der Waals surface area contributed by atoms with Crippen LogP contribution in [0.1, 0.15) is 55.0 Å². The molecule has 5 rings (SSSR count). The monoisotopic (exact) mass is 523 g/mol. The first-order valence-electron chi connectivity index (χ1n) is 13.1. The lowest BCUT2D eigenvalue weighted by atomic mass is 9.90. The minimum absolute atomic E-state index is 0.0253. The van der Waals surface area contributed by atoms with E-state index in [1.165, 1.54) is 17.0 Å². The summed E-state index contributed by atoms with van der Waals surface area (Å²) in [5.41, 5.74) is 2.75. The van der Waals surface area contributed by atoms with Gasteiger partial charge in [-0.3, -0.25) is 9.59 Å². The van der Waals surface area contributed by atoms with E-state index in [1.807, 2.05) is 69.3 Å². The van der Waals surface area contributed by atoms with E-state index < -0.39 is 17.7 Å². The molecule has 1 unspecified atom stereocenters. The van der Waals surface area contributed by atoms with E-state index in [2.05, 4.69) is 0 Å². The first-order chi connectivity index (χ1) is 18.8.